The molecule has 2 heterocycles. The van der Waals surface area contributed by atoms with Crippen molar-refractivity contribution in [2.24, 2.45) is 11.8 Å². The standard InChI is InChI=1S/C14H14BrNO4/c15-7-2-1-3-8(6-7)16-13(17)11-9-4-5-10(20-9)12(11)14(18)19/h1-3,6,9-12H,4-5H2,(H,16,17)(H,18,19)/t9-,10-,11-,12-/m1/s1. The molecule has 0 saturated carbocycles. The number of rotatable bonds is 3. The highest BCUT2D eigenvalue weighted by molar-refractivity contribution is 9.10. The van der Waals surface area contributed by atoms with Gasteiger partial charge in [-0.05, 0) is 31.0 Å². The first kappa shape index (κ1) is 13.6. The Bertz CT molecular complexity index is 562. The molecule has 6 heteroatoms. The monoisotopic (exact) mass is 339 g/mol. The smallest absolute Gasteiger partial charge is 0.310 e. The summed E-state index contributed by atoms with van der Waals surface area (Å²) in [6.45, 7) is 0. The molecule has 0 radical (unpaired) electrons. The van der Waals surface area contributed by atoms with Crippen LogP contribution in [0.5, 0.6) is 0 Å². The molecule has 4 atom stereocenters. The number of ether oxygens (including phenoxy) is 1. The molecule has 1 aromatic carbocycles. The van der Waals surface area contributed by atoms with E-state index < -0.39 is 17.8 Å². The SMILES string of the molecule is O=C(O)[C@H]1[C@H](C(=O)Nc2cccc(Br)c2)[C@H]2CC[C@H]1O2. The molecule has 0 spiro atoms. The normalized spacial score (nSPS) is 31.2. The molecule has 2 fully saturated rings. The van der Waals surface area contributed by atoms with Crippen LogP contribution in [0.4, 0.5) is 5.69 Å². The number of carboxylic acid groups (broad SMARTS) is 1. The number of hydrogen-bond acceptors (Lipinski definition) is 3. The van der Waals surface area contributed by atoms with Gasteiger partial charge >= 0.3 is 5.97 Å². The van der Waals surface area contributed by atoms with Crippen molar-refractivity contribution in [3.8, 4) is 0 Å². The van der Waals surface area contributed by atoms with E-state index in [1.807, 2.05) is 12.1 Å². The van der Waals surface area contributed by atoms with Crippen molar-refractivity contribution < 1.29 is 19.4 Å². The highest BCUT2D eigenvalue weighted by Gasteiger charge is 2.55. The minimum absolute atomic E-state index is 0.270. The Morgan fingerprint density at radius 1 is 1.25 bits per heavy atom. The summed E-state index contributed by atoms with van der Waals surface area (Å²) in [4.78, 5) is 23.7. The number of carbonyl (C=O) groups excluding carboxylic acids is 1. The number of hydrogen-bond donors (Lipinski definition) is 2. The molecule has 2 saturated heterocycles. The van der Waals surface area contributed by atoms with Crippen molar-refractivity contribution in [2.45, 2.75) is 25.0 Å². The maximum absolute atomic E-state index is 12.4. The van der Waals surface area contributed by atoms with E-state index in [0.29, 0.717) is 5.69 Å². The summed E-state index contributed by atoms with van der Waals surface area (Å²) in [5, 5.41) is 12.1. The summed E-state index contributed by atoms with van der Waals surface area (Å²) >= 11 is 3.33. The van der Waals surface area contributed by atoms with E-state index in [1.54, 1.807) is 12.1 Å². The molecular weight excluding hydrogens is 326 g/mol. The van der Waals surface area contributed by atoms with Crippen LogP contribution in [0.25, 0.3) is 0 Å². The third kappa shape index (κ3) is 2.33. The zero-order valence-electron chi connectivity index (χ0n) is 10.6. The quantitative estimate of drug-likeness (QED) is 0.885. The van der Waals surface area contributed by atoms with Crippen LogP contribution in [-0.2, 0) is 14.3 Å². The van der Waals surface area contributed by atoms with Crippen LogP contribution in [0.1, 0.15) is 12.8 Å². The Balaban J connectivity index is 1.78. The van der Waals surface area contributed by atoms with Gasteiger partial charge in [-0.2, -0.15) is 0 Å². The van der Waals surface area contributed by atoms with Gasteiger partial charge in [0.05, 0.1) is 24.0 Å². The summed E-state index contributed by atoms with van der Waals surface area (Å²) in [6.07, 6.45) is 0.886. The van der Waals surface area contributed by atoms with Gasteiger partial charge in [0.15, 0.2) is 0 Å². The van der Waals surface area contributed by atoms with E-state index in [-0.39, 0.29) is 18.1 Å². The largest absolute Gasteiger partial charge is 0.481 e. The molecule has 20 heavy (non-hydrogen) atoms. The fourth-order valence-corrected chi connectivity index (χ4v) is 3.52. The molecule has 2 bridgehead atoms. The van der Waals surface area contributed by atoms with Gasteiger partial charge in [-0.1, -0.05) is 22.0 Å². The number of amides is 1. The highest BCUT2D eigenvalue weighted by atomic mass is 79.9. The van der Waals surface area contributed by atoms with Crippen molar-refractivity contribution in [2.75, 3.05) is 5.32 Å². The van der Waals surface area contributed by atoms with Gasteiger partial charge in [0.25, 0.3) is 0 Å². The Labute approximate surface area is 124 Å². The Morgan fingerprint density at radius 3 is 2.60 bits per heavy atom. The van der Waals surface area contributed by atoms with Crippen LogP contribution in [-0.4, -0.2) is 29.2 Å². The lowest BCUT2D eigenvalue weighted by Crippen LogP contribution is -2.40. The number of carboxylic acids is 1. The van der Waals surface area contributed by atoms with Gasteiger partial charge in [0.2, 0.25) is 5.91 Å². The summed E-state index contributed by atoms with van der Waals surface area (Å²) in [5.74, 6) is -2.57. The predicted octanol–water partition coefficient (Wildman–Crippen LogP) is 2.27. The second kappa shape index (κ2) is 5.18. The molecule has 3 rings (SSSR count). The van der Waals surface area contributed by atoms with Crippen LogP contribution >= 0.6 is 15.9 Å². The lowest BCUT2D eigenvalue weighted by Gasteiger charge is -2.23. The van der Waals surface area contributed by atoms with E-state index >= 15 is 0 Å². The van der Waals surface area contributed by atoms with E-state index in [9.17, 15) is 14.7 Å². The third-order valence-corrected chi connectivity index (χ3v) is 4.45. The molecule has 2 N–H and O–H groups in total. The zero-order valence-corrected chi connectivity index (χ0v) is 12.2. The number of carbonyl (C=O) groups is 2. The number of anilines is 1. The van der Waals surface area contributed by atoms with Crippen LogP contribution in [0.2, 0.25) is 0 Å². The molecule has 1 amide bonds. The van der Waals surface area contributed by atoms with E-state index in [2.05, 4.69) is 21.2 Å². The van der Waals surface area contributed by atoms with Crippen LogP contribution in [0.15, 0.2) is 28.7 Å². The van der Waals surface area contributed by atoms with Gasteiger partial charge in [-0.25, -0.2) is 0 Å². The first-order valence-corrected chi connectivity index (χ1v) is 7.30. The van der Waals surface area contributed by atoms with Crippen molar-refractivity contribution >= 4 is 33.5 Å². The Hall–Kier alpha value is -1.40. The first-order valence-electron chi connectivity index (χ1n) is 6.51. The molecule has 5 nitrogen and oxygen atoms in total. The van der Waals surface area contributed by atoms with Crippen molar-refractivity contribution in [3.05, 3.63) is 28.7 Å². The maximum atomic E-state index is 12.4. The Kier molecular flexibility index (Phi) is 3.52. The summed E-state index contributed by atoms with van der Waals surface area (Å²) in [5.41, 5.74) is 0.649. The number of aliphatic carboxylic acids is 1. The van der Waals surface area contributed by atoms with E-state index in [1.165, 1.54) is 0 Å². The number of nitrogens with one attached hydrogen (secondary N) is 1. The van der Waals surface area contributed by atoms with Crippen LogP contribution in [0.3, 0.4) is 0 Å². The highest BCUT2D eigenvalue weighted by Crippen LogP contribution is 2.44. The van der Waals surface area contributed by atoms with Crippen molar-refractivity contribution in [1.29, 1.82) is 0 Å². The second-order valence-electron chi connectivity index (χ2n) is 5.18. The molecule has 0 unspecified atom stereocenters. The van der Waals surface area contributed by atoms with E-state index in [4.69, 9.17) is 4.74 Å². The Morgan fingerprint density at radius 2 is 1.95 bits per heavy atom. The minimum Gasteiger partial charge on any atom is -0.481 e. The van der Waals surface area contributed by atoms with Gasteiger partial charge < -0.3 is 15.2 Å². The van der Waals surface area contributed by atoms with Crippen LogP contribution in [0, 0.1) is 11.8 Å². The van der Waals surface area contributed by atoms with Crippen molar-refractivity contribution in [3.63, 3.8) is 0 Å². The fraction of sp³-hybridized carbons (Fsp3) is 0.429. The van der Waals surface area contributed by atoms with Crippen molar-refractivity contribution in [1.82, 2.24) is 0 Å². The predicted molar refractivity (Wildman–Crippen MR) is 75.3 cm³/mol. The first-order chi connectivity index (χ1) is 9.56. The summed E-state index contributed by atoms with van der Waals surface area (Å²) < 4.78 is 6.45. The average Bonchev–Trinajstić information content (AvgIpc) is 2.98. The van der Waals surface area contributed by atoms with Gasteiger partial charge in [0, 0.05) is 10.2 Å². The third-order valence-electron chi connectivity index (χ3n) is 3.95. The van der Waals surface area contributed by atoms with E-state index in [0.717, 1.165) is 17.3 Å². The van der Waals surface area contributed by atoms with Gasteiger partial charge in [0.1, 0.15) is 0 Å². The average molecular weight is 340 g/mol. The molecule has 2 aliphatic heterocycles. The maximum Gasteiger partial charge on any atom is 0.310 e. The number of fused-ring (bicyclic) bond motifs is 2. The second-order valence-corrected chi connectivity index (χ2v) is 6.10. The minimum atomic E-state index is -0.952. The fourth-order valence-electron chi connectivity index (χ4n) is 3.12. The van der Waals surface area contributed by atoms with Crippen LogP contribution < -0.4 is 5.32 Å². The molecule has 106 valence electrons. The number of halogens is 1. The lowest BCUT2D eigenvalue weighted by molar-refractivity contribution is -0.147. The van der Waals surface area contributed by atoms with Gasteiger partial charge in [-0.15, -0.1) is 0 Å². The van der Waals surface area contributed by atoms with Gasteiger partial charge in [-0.3, -0.25) is 9.59 Å². The number of benzene rings is 1. The molecule has 1 aromatic rings. The molecule has 0 aromatic heterocycles. The molecule has 2 aliphatic rings. The topological polar surface area (TPSA) is 75.6 Å². The lowest BCUT2D eigenvalue weighted by atomic mass is 9.78. The summed E-state index contributed by atoms with van der Waals surface area (Å²) in [6, 6.07) is 7.22. The summed E-state index contributed by atoms with van der Waals surface area (Å²) in [7, 11) is 0. The zero-order chi connectivity index (χ0) is 14.3. The molecule has 0 aliphatic carbocycles. The molecular formula is C14H14BrNO4.